The second kappa shape index (κ2) is 9.41. The molecule has 0 bridgehead atoms. The van der Waals surface area contributed by atoms with Gasteiger partial charge in [-0.3, -0.25) is 14.2 Å². The van der Waals surface area contributed by atoms with Crippen molar-refractivity contribution in [1.29, 1.82) is 0 Å². The number of carbonyl (C=O) groups is 2. The first-order valence-electron chi connectivity index (χ1n) is 11.1. The lowest BCUT2D eigenvalue weighted by molar-refractivity contribution is -0.124. The Labute approximate surface area is 175 Å². The van der Waals surface area contributed by atoms with Crippen molar-refractivity contribution in [3.8, 4) is 0 Å². The molecule has 0 spiro atoms. The van der Waals surface area contributed by atoms with Gasteiger partial charge in [0.25, 0.3) is 11.5 Å². The van der Waals surface area contributed by atoms with Crippen LogP contribution in [0.1, 0.15) is 67.5 Å². The van der Waals surface area contributed by atoms with Gasteiger partial charge in [-0.25, -0.2) is 9.78 Å². The van der Waals surface area contributed by atoms with Gasteiger partial charge in [0.2, 0.25) is 0 Å². The molecule has 1 aliphatic carbocycles. The van der Waals surface area contributed by atoms with Gasteiger partial charge >= 0.3 is 5.97 Å². The van der Waals surface area contributed by atoms with Crippen LogP contribution in [-0.4, -0.2) is 34.6 Å². The van der Waals surface area contributed by atoms with Crippen LogP contribution in [0, 0.1) is 5.92 Å². The molecule has 1 saturated carbocycles. The van der Waals surface area contributed by atoms with Crippen molar-refractivity contribution in [3.63, 3.8) is 0 Å². The predicted octanol–water partition coefficient (Wildman–Crippen LogP) is 2.98. The molecule has 1 aromatic carbocycles. The summed E-state index contributed by atoms with van der Waals surface area (Å²) in [7, 11) is 0. The third kappa shape index (κ3) is 4.71. The van der Waals surface area contributed by atoms with Crippen LogP contribution in [0.15, 0.2) is 23.0 Å². The van der Waals surface area contributed by atoms with Crippen LogP contribution in [0.25, 0.3) is 10.9 Å². The molecule has 4 rings (SSSR count). The molecular formula is C23H29N3O4. The van der Waals surface area contributed by atoms with E-state index in [1.807, 2.05) is 0 Å². The summed E-state index contributed by atoms with van der Waals surface area (Å²) in [5.74, 6) is 0.440. The second-order valence-corrected chi connectivity index (χ2v) is 8.41. The summed E-state index contributed by atoms with van der Waals surface area (Å²) in [4.78, 5) is 41.9. The molecule has 1 aromatic heterocycles. The van der Waals surface area contributed by atoms with E-state index in [0.29, 0.717) is 35.5 Å². The highest BCUT2D eigenvalue weighted by Gasteiger charge is 2.17. The van der Waals surface area contributed by atoms with Crippen LogP contribution >= 0.6 is 0 Å². The van der Waals surface area contributed by atoms with Crippen LogP contribution in [0.5, 0.6) is 0 Å². The van der Waals surface area contributed by atoms with Gasteiger partial charge in [-0.2, -0.15) is 0 Å². The van der Waals surface area contributed by atoms with E-state index in [1.54, 1.807) is 22.8 Å². The van der Waals surface area contributed by atoms with E-state index in [0.717, 1.165) is 44.3 Å². The van der Waals surface area contributed by atoms with Crippen molar-refractivity contribution in [2.75, 3.05) is 13.2 Å². The number of hydrogen-bond acceptors (Lipinski definition) is 5. The molecule has 2 aliphatic rings. The molecule has 1 N–H and O–H groups in total. The van der Waals surface area contributed by atoms with Crippen LogP contribution in [0.2, 0.25) is 0 Å². The molecule has 1 aliphatic heterocycles. The molecule has 0 atom stereocenters. The number of amides is 1. The zero-order valence-electron chi connectivity index (χ0n) is 17.3. The number of carbonyl (C=O) groups excluding carboxylic acids is 2. The fourth-order valence-electron chi connectivity index (χ4n) is 4.46. The molecule has 1 fully saturated rings. The van der Waals surface area contributed by atoms with Gasteiger partial charge in [-0.15, -0.1) is 0 Å². The minimum Gasteiger partial charge on any atom is -0.452 e. The minimum atomic E-state index is -0.582. The quantitative estimate of drug-likeness (QED) is 0.764. The van der Waals surface area contributed by atoms with Crippen molar-refractivity contribution in [1.82, 2.24) is 14.9 Å². The number of esters is 1. The summed E-state index contributed by atoms with van der Waals surface area (Å²) in [6.07, 6.45) is 9.85. The minimum absolute atomic E-state index is 0.0566. The number of ether oxygens (including phenoxy) is 1. The van der Waals surface area contributed by atoms with Gasteiger partial charge in [0.1, 0.15) is 5.82 Å². The largest absolute Gasteiger partial charge is 0.452 e. The first kappa shape index (κ1) is 20.6. The monoisotopic (exact) mass is 411 g/mol. The zero-order chi connectivity index (χ0) is 20.9. The molecule has 7 nitrogen and oxygen atoms in total. The molecule has 0 unspecified atom stereocenters. The lowest BCUT2D eigenvalue weighted by Crippen LogP contribution is -2.33. The Bertz CT molecular complexity index is 992. The first-order chi connectivity index (χ1) is 14.6. The number of aryl methyl sites for hydroxylation is 1. The van der Waals surface area contributed by atoms with E-state index in [2.05, 4.69) is 10.3 Å². The highest BCUT2D eigenvalue weighted by Crippen LogP contribution is 2.22. The van der Waals surface area contributed by atoms with Crippen LogP contribution in [0.4, 0.5) is 0 Å². The summed E-state index contributed by atoms with van der Waals surface area (Å²) in [5, 5.41) is 3.37. The molecule has 0 radical (unpaired) electrons. The van der Waals surface area contributed by atoms with Gasteiger partial charge in [-0.1, -0.05) is 25.7 Å². The highest BCUT2D eigenvalue weighted by atomic mass is 16.5. The number of fused-ring (bicyclic) bond motifs is 2. The van der Waals surface area contributed by atoms with Crippen molar-refractivity contribution in [2.45, 2.75) is 64.3 Å². The Morgan fingerprint density at radius 1 is 1.10 bits per heavy atom. The Morgan fingerprint density at radius 3 is 2.73 bits per heavy atom. The SMILES string of the molecule is O=C(COC(=O)c1ccc2c(=O)n3c(nc2c1)CCCCC3)NCC1CCCCC1. The average Bonchev–Trinajstić information content (AvgIpc) is 3.02. The van der Waals surface area contributed by atoms with Crippen LogP contribution in [0.3, 0.4) is 0 Å². The van der Waals surface area contributed by atoms with Gasteiger partial charge in [-0.05, 0) is 49.8 Å². The third-order valence-corrected chi connectivity index (χ3v) is 6.20. The number of nitrogens with zero attached hydrogens (tertiary/aromatic N) is 2. The van der Waals surface area contributed by atoms with Gasteiger partial charge < -0.3 is 10.1 Å². The Balaban J connectivity index is 1.39. The fourth-order valence-corrected chi connectivity index (χ4v) is 4.46. The van der Waals surface area contributed by atoms with Crippen molar-refractivity contribution >= 4 is 22.8 Å². The van der Waals surface area contributed by atoms with Crippen molar-refractivity contribution in [3.05, 3.63) is 39.9 Å². The van der Waals surface area contributed by atoms with E-state index in [1.165, 1.54) is 19.3 Å². The Kier molecular flexibility index (Phi) is 6.45. The normalized spacial score (nSPS) is 17.2. The van der Waals surface area contributed by atoms with Crippen molar-refractivity contribution < 1.29 is 14.3 Å². The lowest BCUT2D eigenvalue weighted by atomic mass is 9.89. The molecule has 0 saturated heterocycles. The maximum absolute atomic E-state index is 12.8. The Hall–Kier alpha value is -2.70. The maximum atomic E-state index is 12.8. The standard InChI is InChI=1S/C23H29N3O4/c27-21(24-14-16-7-3-1-4-8-16)15-30-23(29)17-10-11-18-19(13-17)25-20-9-5-2-6-12-26(20)22(18)28/h10-11,13,16H,1-9,12,14-15H2,(H,24,27). The second-order valence-electron chi connectivity index (χ2n) is 8.41. The van der Waals surface area contributed by atoms with Gasteiger partial charge in [0.15, 0.2) is 6.61 Å². The molecule has 2 aromatic rings. The highest BCUT2D eigenvalue weighted by molar-refractivity contribution is 5.95. The lowest BCUT2D eigenvalue weighted by Gasteiger charge is -2.21. The average molecular weight is 412 g/mol. The van der Waals surface area contributed by atoms with Gasteiger partial charge in [0, 0.05) is 19.5 Å². The number of nitrogens with one attached hydrogen (secondary N) is 1. The molecule has 160 valence electrons. The van der Waals surface area contributed by atoms with Crippen LogP contribution < -0.4 is 10.9 Å². The molecule has 30 heavy (non-hydrogen) atoms. The van der Waals surface area contributed by atoms with Crippen molar-refractivity contribution in [2.24, 2.45) is 5.92 Å². The number of aromatic nitrogens is 2. The van der Waals surface area contributed by atoms with E-state index >= 15 is 0 Å². The zero-order valence-corrected chi connectivity index (χ0v) is 17.3. The Morgan fingerprint density at radius 2 is 1.90 bits per heavy atom. The van der Waals surface area contributed by atoms with E-state index in [9.17, 15) is 14.4 Å². The smallest absolute Gasteiger partial charge is 0.338 e. The van der Waals surface area contributed by atoms with E-state index in [-0.39, 0.29) is 18.1 Å². The summed E-state index contributed by atoms with van der Waals surface area (Å²) in [6, 6.07) is 4.78. The fraction of sp³-hybridized carbons (Fsp3) is 0.565. The first-order valence-corrected chi connectivity index (χ1v) is 11.1. The van der Waals surface area contributed by atoms with Crippen LogP contribution in [-0.2, 0) is 22.5 Å². The molecule has 7 heteroatoms. The van der Waals surface area contributed by atoms with E-state index < -0.39 is 5.97 Å². The predicted molar refractivity (Wildman–Crippen MR) is 113 cm³/mol. The number of benzene rings is 1. The van der Waals surface area contributed by atoms with E-state index in [4.69, 9.17) is 4.74 Å². The summed E-state index contributed by atoms with van der Waals surface area (Å²) in [5.41, 5.74) is 0.747. The third-order valence-electron chi connectivity index (χ3n) is 6.20. The topological polar surface area (TPSA) is 90.3 Å². The summed E-state index contributed by atoms with van der Waals surface area (Å²) < 4.78 is 6.93. The summed E-state index contributed by atoms with van der Waals surface area (Å²) in [6.45, 7) is 1.03. The summed E-state index contributed by atoms with van der Waals surface area (Å²) >= 11 is 0. The molecule has 1 amide bonds. The number of rotatable bonds is 5. The molecule has 2 heterocycles. The molecular weight excluding hydrogens is 382 g/mol. The number of hydrogen-bond donors (Lipinski definition) is 1. The van der Waals surface area contributed by atoms with Gasteiger partial charge in [0.05, 0.1) is 16.5 Å². The maximum Gasteiger partial charge on any atom is 0.338 e.